The fourth-order valence-electron chi connectivity index (χ4n) is 3.01. The summed E-state index contributed by atoms with van der Waals surface area (Å²) >= 11 is 11.9. The zero-order valence-electron chi connectivity index (χ0n) is 13.1. The van der Waals surface area contributed by atoms with E-state index in [0.29, 0.717) is 5.02 Å². The Bertz CT molecular complexity index is 838. The summed E-state index contributed by atoms with van der Waals surface area (Å²) in [6.07, 6.45) is 5.64. The molecule has 0 amide bonds. The zero-order valence-corrected chi connectivity index (χ0v) is 14.6. The number of halogens is 2. The van der Waals surface area contributed by atoms with Gasteiger partial charge in [-0.3, -0.25) is 4.90 Å². The fraction of sp³-hybridized carbons (Fsp3) is 0.294. The van der Waals surface area contributed by atoms with Crippen LogP contribution in [0.15, 0.2) is 42.9 Å². The van der Waals surface area contributed by atoms with Crippen LogP contribution in [0.3, 0.4) is 0 Å². The third-order valence-electron chi connectivity index (χ3n) is 4.26. The van der Waals surface area contributed by atoms with E-state index >= 15 is 0 Å². The van der Waals surface area contributed by atoms with Gasteiger partial charge in [-0.1, -0.05) is 23.2 Å². The van der Waals surface area contributed by atoms with Crippen LogP contribution in [0.2, 0.25) is 10.0 Å². The molecule has 124 valence electrons. The Morgan fingerprint density at radius 1 is 0.917 bits per heavy atom. The predicted octanol–water partition coefficient (Wildman–Crippen LogP) is 3.36. The van der Waals surface area contributed by atoms with E-state index in [9.17, 15) is 0 Å². The van der Waals surface area contributed by atoms with Gasteiger partial charge in [-0.2, -0.15) is 0 Å². The van der Waals surface area contributed by atoms with Crippen molar-refractivity contribution in [2.24, 2.45) is 0 Å². The molecule has 4 heterocycles. The molecule has 1 fully saturated rings. The molecule has 0 radical (unpaired) electrons. The van der Waals surface area contributed by atoms with Gasteiger partial charge in [-0.15, -0.1) is 0 Å². The van der Waals surface area contributed by atoms with E-state index in [2.05, 4.69) is 19.8 Å². The van der Waals surface area contributed by atoms with Gasteiger partial charge >= 0.3 is 0 Å². The fourth-order valence-corrected chi connectivity index (χ4v) is 3.29. The number of anilines is 1. The Kier molecular flexibility index (Phi) is 4.31. The molecule has 4 rings (SSSR count). The van der Waals surface area contributed by atoms with E-state index in [4.69, 9.17) is 23.2 Å². The van der Waals surface area contributed by atoms with E-state index in [0.717, 1.165) is 54.9 Å². The summed E-state index contributed by atoms with van der Waals surface area (Å²) in [4.78, 5) is 13.8. The molecule has 0 saturated carbocycles. The number of nitrogens with zero attached hydrogens (tertiary/aromatic N) is 5. The Balaban J connectivity index is 1.39. The molecule has 0 unspecified atom stereocenters. The second kappa shape index (κ2) is 6.59. The highest BCUT2D eigenvalue weighted by molar-refractivity contribution is 6.30. The molecule has 0 bridgehead atoms. The Morgan fingerprint density at radius 3 is 2.46 bits per heavy atom. The van der Waals surface area contributed by atoms with Crippen molar-refractivity contribution in [3.8, 4) is 0 Å². The molecular weight excluding hydrogens is 345 g/mol. The highest BCUT2D eigenvalue weighted by Gasteiger charge is 2.19. The molecule has 0 atom stereocenters. The van der Waals surface area contributed by atoms with Gasteiger partial charge in [0.15, 0.2) is 0 Å². The number of piperazine rings is 1. The molecular formula is C17H17Cl2N5. The summed E-state index contributed by atoms with van der Waals surface area (Å²) in [5, 5.41) is 1.39. The van der Waals surface area contributed by atoms with Crippen molar-refractivity contribution in [3.63, 3.8) is 0 Å². The van der Waals surface area contributed by atoms with Crippen LogP contribution < -0.4 is 4.90 Å². The Hall–Kier alpha value is -1.82. The molecule has 0 aliphatic carbocycles. The van der Waals surface area contributed by atoms with Gasteiger partial charge in [0.05, 0.1) is 15.7 Å². The van der Waals surface area contributed by atoms with Crippen LogP contribution in [0.1, 0.15) is 5.69 Å². The van der Waals surface area contributed by atoms with Gasteiger partial charge in [-0.05, 0) is 24.3 Å². The quantitative estimate of drug-likeness (QED) is 0.716. The van der Waals surface area contributed by atoms with E-state index < -0.39 is 0 Å². The maximum atomic E-state index is 6.03. The van der Waals surface area contributed by atoms with E-state index in [1.807, 2.05) is 41.1 Å². The minimum Gasteiger partial charge on any atom is -0.354 e. The number of hydrogen-bond acceptors (Lipinski definition) is 4. The number of fused-ring (bicyclic) bond motifs is 1. The van der Waals surface area contributed by atoms with Gasteiger partial charge in [0, 0.05) is 51.3 Å². The third-order valence-corrected chi connectivity index (χ3v) is 4.71. The summed E-state index contributed by atoms with van der Waals surface area (Å²) in [5.41, 5.74) is 1.99. The molecule has 3 aromatic heterocycles. The molecule has 1 aliphatic rings. The zero-order chi connectivity index (χ0) is 16.5. The standard InChI is InChI=1S/C17H17Cl2N5/c18-13-1-3-16(20-9-13)23-7-5-22(6-8-23)11-15-12-24-10-14(19)2-4-17(24)21-15/h1-4,9-10,12H,5-8,11H2. The van der Waals surface area contributed by atoms with Crippen LogP contribution >= 0.6 is 23.2 Å². The SMILES string of the molecule is Clc1ccc(N2CCN(Cc3cn4cc(Cl)ccc4n3)CC2)nc1. The van der Waals surface area contributed by atoms with Crippen molar-refractivity contribution in [2.45, 2.75) is 6.54 Å². The molecule has 0 aromatic carbocycles. The Morgan fingerprint density at radius 2 is 1.71 bits per heavy atom. The minimum atomic E-state index is 0.671. The van der Waals surface area contributed by atoms with Crippen LogP contribution in [-0.4, -0.2) is 45.4 Å². The van der Waals surface area contributed by atoms with Crippen molar-refractivity contribution >= 4 is 34.7 Å². The summed E-state index contributed by atoms with van der Waals surface area (Å²) in [6.45, 7) is 4.72. The number of rotatable bonds is 3. The van der Waals surface area contributed by atoms with E-state index in [1.165, 1.54) is 0 Å². The third kappa shape index (κ3) is 3.34. The highest BCUT2D eigenvalue weighted by atomic mass is 35.5. The smallest absolute Gasteiger partial charge is 0.137 e. The first-order valence-corrected chi connectivity index (χ1v) is 8.65. The largest absolute Gasteiger partial charge is 0.354 e. The second-order valence-corrected chi connectivity index (χ2v) is 6.82. The number of hydrogen-bond donors (Lipinski definition) is 0. The average Bonchev–Trinajstić information content (AvgIpc) is 2.98. The molecule has 0 spiro atoms. The van der Waals surface area contributed by atoms with Gasteiger partial charge < -0.3 is 9.30 Å². The lowest BCUT2D eigenvalue weighted by molar-refractivity contribution is 0.247. The lowest BCUT2D eigenvalue weighted by atomic mass is 10.3. The Labute approximate surface area is 150 Å². The first kappa shape index (κ1) is 15.7. The van der Waals surface area contributed by atoms with Gasteiger partial charge in [-0.25, -0.2) is 9.97 Å². The summed E-state index contributed by atoms with van der Waals surface area (Å²) in [7, 11) is 0. The highest BCUT2D eigenvalue weighted by Crippen LogP contribution is 2.18. The maximum Gasteiger partial charge on any atom is 0.137 e. The molecule has 1 saturated heterocycles. The lowest BCUT2D eigenvalue weighted by Crippen LogP contribution is -2.46. The van der Waals surface area contributed by atoms with Crippen LogP contribution in [-0.2, 0) is 6.54 Å². The van der Waals surface area contributed by atoms with Crippen molar-refractivity contribution < 1.29 is 0 Å². The normalized spacial score (nSPS) is 16.0. The summed E-state index contributed by atoms with van der Waals surface area (Å²) < 4.78 is 1.98. The van der Waals surface area contributed by atoms with Gasteiger partial charge in [0.1, 0.15) is 11.5 Å². The second-order valence-electron chi connectivity index (χ2n) is 5.94. The van der Waals surface area contributed by atoms with Crippen molar-refractivity contribution in [3.05, 3.63) is 58.6 Å². The number of imidazole rings is 1. The van der Waals surface area contributed by atoms with Crippen LogP contribution in [0.5, 0.6) is 0 Å². The molecule has 24 heavy (non-hydrogen) atoms. The topological polar surface area (TPSA) is 36.7 Å². The molecule has 7 heteroatoms. The van der Waals surface area contributed by atoms with Gasteiger partial charge in [0.25, 0.3) is 0 Å². The maximum absolute atomic E-state index is 6.03. The van der Waals surface area contributed by atoms with Crippen LogP contribution in [0.4, 0.5) is 5.82 Å². The van der Waals surface area contributed by atoms with E-state index in [1.54, 1.807) is 6.20 Å². The molecule has 1 aliphatic heterocycles. The molecule has 3 aromatic rings. The van der Waals surface area contributed by atoms with Crippen molar-refractivity contribution in [1.29, 1.82) is 0 Å². The summed E-state index contributed by atoms with van der Waals surface area (Å²) in [6, 6.07) is 7.67. The lowest BCUT2D eigenvalue weighted by Gasteiger charge is -2.35. The first-order chi connectivity index (χ1) is 11.7. The molecule has 0 N–H and O–H groups in total. The first-order valence-electron chi connectivity index (χ1n) is 7.89. The van der Waals surface area contributed by atoms with Crippen LogP contribution in [0.25, 0.3) is 5.65 Å². The van der Waals surface area contributed by atoms with E-state index in [-0.39, 0.29) is 0 Å². The monoisotopic (exact) mass is 361 g/mol. The number of aromatic nitrogens is 3. The molecule has 5 nitrogen and oxygen atoms in total. The van der Waals surface area contributed by atoms with Crippen LogP contribution in [0, 0.1) is 0 Å². The predicted molar refractivity (Wildman–Crippen MR) is 96.9 cm³/mol. The number of pyridine rings is 2. The average molecular weight is 362 g/mol. The summed E-state index contributed by atoms with van der Waals surface area (Å²) in [5.74, 6) is 0.987. The van der Waals surface area contributed by atoms with Crippen molar-refractivity contribution in [1.82, 2.24) is 19.3 Å². The minimum absolute atomic E-state index is 0.671. The van der Waals surface area contributed by atoms with Gasteiger partial charge in [0.2, 0.25) is 0 Å². The van der Waals surface area contributed by atoms with Crippen molar-refractivity contribution in [2.75, 3.05) is 31.1 Å².